The maximum Gasteiger partial charge on any atom is 0.222 e. The Balaban J connectivity index is 1.72. The molecule has 4 heteroatoms. The third-order valence-electron chi connectivity index (χ3n) is 4.61. The van der Waals surface area contributed by atoms with E-state index in [1.54, 1.807) is 0 Å². The van der Waals surface area contributed by atoms with Gasteiger partial charge in [0.2, 0.25) is 5.91 Å². The lowest BCUT2D eigenvalue weighted by molar-refractivity contribution is -0.124. The lowest BCUT2D eigenvalue weighted by Crippen LogP contribution is -2.45. The molecular weight excluding hydrogens is 288 g/mol. The van der Waals surface area contributed by atoms with E-state index in [-0.39, 0.29) is 24.3 Å². The van der Waals surface area contributed by atoms with Crippen molar-refractivity contribution in [2.24, 2.45) is 5.92 Å². The van der Waals surface area contributed by atoms with Crippen LogP contribution in [-0.4, -0.2) is 41.1 Å². The largest absolute Gasteiger partial charge is 0.392 e. The number of amides is 1. The first-order valence-corrected chi connectivity index (χ1v) is 8.69. The van der Waals surface area contributed by atoms with Crippen LogP contribution in [0.5, 0.6) is 0 Å². The number of nitrogens with one attached hydrogen (secondary N) is 1. The number of carbonyl (C=O) groups is 1. The molecule has 4 nitrogen and oxygen atoms in total. The molecule has 23 heavy (non-hydrogen) atoms. The topological polar surface area (TPSA) is 52.6 Å². The highest BCUT2D eigenvalue weighted by Gasteiger charge is 2.22. The predicted molar refractivity (Wildman–Crippen MR) is 93.1 cm³/mol. The van der Waals surface area contributed by atoms with Crippen LogP contribution >= 0.6 is 0 Å². The maximum absolute atomic E-state index is 12.0. The molecule has 1 saturated heterocycles. The van der Waals surface area contributed by atoms with Crippen LogP contribution in [0.25, 0.3) is 0 Å². The Labute approximate surface area is 139 Å². The number of hydrogen-bond acceptors (Lipinski definition) is 3. The summed E-state index contributed by atoms with van der Waals surface area (Å²) in [6, 6.07) is 8.89. The van der Waals surface area contributed by atoms with E-state index in [2.05, 4.69) is 41.4 Å². The lowest BCUT2D eigenvalue weighted by atomic mass is 10.0. The van der Waals surface area contributed by atoms with E-state index in [0.29, 0.717) is 0 Å². The van der Waals surface area contributed by atoms with Gasteiger partial charge in [0, 0.05) is 25.7 Å². The number of piperidine rings is 1. The van der Waals surface area contributed by atoms with Gasteiger partial charge in [-0.15, -0.1) is 0 Å². The number of carbonyl (C=O) groups excluding carboxylic acids is 1. The summed E-state index contributed by atoms with van der Waals surface area (Å²) >= 11 is 0. The molecule has 1 aliphatic heterocycles. The molecule has 1 aromatic carbocycles. The molecule has 0 saturated carbocycles. The molecule has 0 aromatic heterocycles. The van der Waals surface area contributed by atoms with Gasteiger partial charge < -0.3 is 10.4 Å². The molecule has 1 amide bonds. The number of aryl methyl sites for hydroxylation is 1. The Morgan fingerprint density at radius 3 is 2.65 bits per heavy atom. The van der Waals surface area contributed by atoms with Crippen LogP contribution in [0.4, 0.5) is 0 Å². The predicted octanol–water partition coefficient (Wildman–Crippen LogP) is 2.48. The van der Waals surface area contributed by atoms with E-state index >= 15 is 0 Å². The highest BCUT2D eigenvalue weighted by Crippen LogP contribution is 2.15. The van der Waals surface area contributed by atoms with Crippen molar-refractivity contribution in [1.29, 1.82) is 0 Å². The van der Waals surface area contributed by atoms with Gasteiger partial charge in [-0.05, 0) is 31.2 Å². The summed E-state index contributed by atoms with van der Waals surface area (Å²) in [5.41, 5.74) is 2.65. The number of likely N-dealkylation sites (tertiary alicyclic amines) is 1. The zero-order valence-electron chi connectivity index (χ0n) is 14.6. The van der Waals surface area contributed by atoms with Crippen molar-refractivity contribution in [3.8, 4) is 0 Å². The van der Waals surface area contributed by atoms with E-state index in [4.69, 9.17) is 0 Å². The zero-order valence-corrected chi connectivity index (χ0v) is 14.6. The summed E-state index contributed by atoms with van der Waals surface area (Å²) in [6.45, 7) is 8.98. The smallest absolute Gasteiger partial charge is 0.222 e. The SMILES string of the molecule is Cc1cccc(CN2CCC(NC(=O)CC(O)C(C)C)CC2)c1. The minimum atomic E-state index is -0.545. The number of nitrogens with zero attached hydrogens (tertiary/aromatic N) is 1. The molecule has 1 atom stereocenters. The van der Waals surface area contributed by atoms with Crippen LogP contribution in [0, 0.1) is 12.8 Å². The molecule has 1 unspecified atom stereocenters. The minimum Gasteiger partial charge on any atom is -0.392 e. The van der Waals surface area contributed by atoms with Crippen LogP contribution in [0.1, 0.15) is 44.2 Å². The van der Waals surface area contributed by atoms with E-state index < -0.39 is 6.10 Å². The molecule has 0 radical (unpaired) electrons. The molecule has 1 heterocycles. The zero-order chi connectivity index (χ0) is 16.8. The summed E-state index contributed by atoms with van der Waals surface area (Å²) in [6.07, 6.45) is 1.63. The lowest BCUT2D eigenvalue weighted by Gasteiger charge is -2.32. The Hall–Kier alpha value is -1.39. The van der Waals surface area contributed by atoms with Crippen molar-refractivity contribution in [2.45, 2.75) is 58.7 Å². The Morgan fingerprint density at radius 1 is 1.35 bits per heavy atom. The Morgan fingerprint density at radius 2 is 2.04 bits per heavy atom. The molecule has 0 bridgehead atoms. The van der Waals surface area contributed by atoms with Gasteiger partial charge in [0.05, 0.1) is 12.5 Å². The van der Waals surface area contributed by atoms with Gasteiger partial charge in [0.25, 0.3) is 0 Å². The van der Waals surface area contributed by atoms with Gasteiger partial charge in [-0.1, -0.05) is 43.7 Å². The molecule has 2 rings (SSSR count). The highest BCUT2D eigenvalue weighted by molar-refractivity contribution is 5.76. The molecular formula is C19H30N2O2. The normalized spacial score (nSPS) is 18.1. The van der Waals surface area contributed by atoms with Crippen LogP contribution in [-0.2, 0) is 11.3 Å². The minimum absolute atomic E-state index is 0.0247. The van der Waals surface area contributed by atoms with Crippen molar-refractivity contribution in [3.05, 3.63) is 35.4 Å². The molecule has 1 fully saturated rings. The number of hydrogen-bond donors (Lipinski definition) is 2. The van der Waals surface area contributed by atoms with Gasteiger partial charge in [-0.3, -0.25) is 9.69 Å². The second-order valence-corrected chi connectivity index (χ2v) is 7.12. The van der Waals surface area contributed by atoms with E-state index in [1.165, 1.54) is 11.1 Å². The summed E-state index contributed by atoms with van der Waals surface area (Å²) in [4.78, 5) is 14.4. The quantitative estimate of drug-likeness (QED) is 0.847. The van der Waals surface area contributed by atoms with Gasteiger partial charge in [-0.25, -0.2) is 0 Å². The van der Waals surface area contributed by atoms with Crippen molar-refractivity contribution >= 4 is 5.91 Å². The maximum atomic E-state index is 12.0. The van der Waals surface area contributed by atoms with Gasteiger partial charge in [0.15, 0.2) is 0 Å². The molecule has 1 aliphatic rings. The first kappa shape index (κ1) is 18.0. The van der Waals surface area contributed by atoms with Crippen LogP contribution in [0.15, 0.2) is 24.3 Å². The standard InChI is InChI=1S/C19H30N2O2/c1-14(2)18(22)12-19(23)20-17-7-9-21(10-8-17)13-16-6-4-5-15(3)11-16/h4-6,11,14,17-18,22H,7-10,12-13H2,1-3H3,(H,20,23). The van der Waals surface area contributed by atoms with E-state index in [9.17, 15) is 9.90 Å². The van der Waals surface area contributed by atoms with Crippen LogP contribution in [0.3, 0.4) is 0 Å². The average Bonchev–Trinajstić information content (AvgIpc) is 2.49. The van der Waals surface area contributed by atoms with Gasteiger partial charge >= 0.3 is 0 Å². The summed E-state index contributed by atoms with van der Waals surface area (Å²) in [5, 5.41) is 12.9. The van der Waals surface area contributed by atoms with Crippen LogP contribution < -0.4 is 5.32 Å². The number of rotatable bonds is 6. The van der Waals surface area contributed by atoms with E-state index in [0.717, 1.165) is 32.5 Å². The Kier molecular flexibility index (Phi) is 6.60. The molecule has 128 valence electrons. The Bertz CT molecular complexity index is 508. The summed E-state index contributed by atoms with van der Waals surface area (Å²) in [7, 11) is 0. The third-order valence-corrected chi connectivity index (χ3v) is 4.61. The molecule has 0 spiro atoms. The molecule has 0 aliphatic carbocycles. The second kappa shape index (κ2) is 8.46. The highest BCUT2D eigenvalue weighted by atomic mass is 16.3. The van der Waals surface area contributed by atoms with Gasteiger partial charge in [0.1, 0.15) is 0 Å². The summed E-state index contributed by atoms with van der Waals surface area (Å²) in [5.74, 6) is 0.0975. The van der Waals surface area contributed by atoms with E-state index in [1.807, 2.05) is 13.8 Å². The van der Waals surface area contributed by atoms with Crippen molar-refractivity contribution < 1.29 is 9.90 Å². The van der Waals surface area contributed by atoms with Crippen LogP contribution in [0.2, 0.25) is 0 Å². The fourth-order valence-electron chi connectivity index (χ4n) is 3.02. The fraction of sp³-hybridized carbons (Fsp3) is 0.632. The third kappa shape index (κ3) is 5.96. The molecule has 1 aromatic rings. The van der Waals surface area contributed by atoms with Crippen molar-refractivity contribution in [1.82, 2.24) is 10.2 Å². The monoisotopic (exact) mass is 318 g/mol. The molecule has 2 N–H and O–H groups in total. The first-order chi connectivity index (χ1) is 10.9. The average molecular weight is 318 g/mol. The first-order valence-electron chi connectivity index (χ1n) is 8.69. The number of benzene rings is 1. The van der Waals surface area contributed by atoms with Crippen molar-refractivity contribution in [3.63, 3.8) is 0 Å². The van der Waals surface area contributed by atoms with Crippen molar-refractivity contribution in [2.75, 3.05) is 13.1 Å². The number of aliphatic hydroxyl groups excluding tert-OH is 1. The number of aliphatic hydroxyl groups is 1. The second-order valence-electron chi connectivity index (χ2n) is 7.12. The van der Waals surface area contributed by atoms with Gasteiger partial charge in [-0.2, -0.15) is 0 Å². The summed E-state index contributed by atoms with van der Waals surface area (Å²) < 4.78 is 0. The fourth-order valence-corrected chi connectivity index (χ4v) is 3.02.